The Morgan fingerprint density at radius 3 is 2.70 bits per heavy atom. The molecule has 1 amide bonds. The highest BCUT2D eigenvalue weighted by atomic mass is 35.5. The number of thiophene rings is 1. The molecule has 0 aliphatic carbocycles. The summed E-state index contributed by atoms with van der Waals surface area (Å²) in [5.41, 5.74) is 1.11. The van der Waals surface area contributed by atoms with Crippen LogP contribution in [0.3, 0.4) is 0 Å². The van der Waals surface area contributed by atoms with E-state index in [-0.39, 0.29) is 11.5 Å². The fraction of sp³-hybridized carbons (Fsp3) is 0.438. The van der Waals surface area contributed by atoms with Crippen LogP contribution in [0.1, 0.15) is 35.3 Å². The molecule has 1 N–H and O–H groups in total. The van der Waals surface area contributed by atoms with Crippen molar-refractivity contribution in [2.24, 2.45) is 0 Å². The van der Waals surface area contributed by atoms with Crippen molar-refractivity contribution in [3.05, 3.63) is 48.8 Å². The quantitative estimate of drug-likeness (QED) is 0.867. The first kappa shape index (κ1) is 17.7. The molecule has 2 aromatic heterocycles. The van der Waals surface area contributed by atoms with Crippen molar-refractivity contribution in [1.29, 1.82) is 0 Å². The topological polar surface area (TPSA) is 66.1 Å². The monoisotopic (exact) mass is 353 g/mol. The van der Waals surface area contributed by atoms with Crippen molar-refractivity contribution < 1.29 is 4.79 Å². The number of carbonyl (C=O) groups excluding carboxylic acids is 1. The van der Waals surface area contributed by atoms with E-state index in [9.17, 15) is 9.59 Å². The largest absolute Gasteiger partial charge is 0.338 e. The molecule has 0 saturated heterocycles. The van der Waals surface area contributed by atoms with Crippen LogP contribution in [-0.4, -0.2) is 27.3 Å². The van der Waals surface area contributed by atoms with E-state index in [1.165, 1.54) is 11.3 Å². The Hall–Kier alpha value is -1.66. The number of halogens is 1. The van der Waals surface area contributed by atoms with Crippen molar-refractivity contribution in [3.8, 4) is 0 Å². The molecule has 7 heteroatoms. The summed E-state index contributed by atoms with van der Waals surface area (Å²) in [6, 6.07) is 3.77. The molecule has 0 bridgehead atoms. The fourth-order valence-corrected chi connectivity index (χ4v) is 3.54. The Morgan fingerprint density at radius 1 is 1.39 bits per heavy atom. The van der Waals surface area contributed by atoms with Gasteiger partial charge in [-0.05, 0) is 39.3 Å². The van der Waals surface area contributed by atoms with Gasteiger partial charge in [-0.25, -0.2) is 4.98 Å². The van der Waals surface area contributed by atoms with Crippen molar-refractivity contribution in [2.45, 2.75) is 40.2 Å². The average molecular weight is 354 g/mol. The number of hydrogen-bond acceptors (Lipinski definition) is 4. The minimum absolute atomic E-state index is 0.0244. The van der Waals surface area contributed by atoms with Crippen LogP contribution in [0.2, 0.25) is 4.34 Å². The number of hydrogen-bond donors (Lipinski definition) is 1. The van der Waals surface area contributed by atoms with Crippen molar-refractivity contribution in [2.75, 3.05) is 6.54 Å². The van der Waals surface area contributed by atoms with E-state index < -0.39 is 0 Å². The summed E-state index contributed by atoms with van der Waals surface area (Å²) in [7, 11) is 0. The average Bonchev–Trinajstić information content (AvgIpc) is 2.88. The maximum absolute atomic E-state index is 12.4. The summed E-state index contributed by atoms with van der Waals surface area (Å²) < 4.78 is 0.719. The zero-order valence-corrected chi connectivity index (χ0v) is 15.1. The molecular weight excluding hydrogens is 334 g/mol. The second-order valence-corrected chi connectivity index (χ2v) is 7.13. The molecule has 0 spiro atoms. The normalized spacial score (nSPS) is 10.8. The second kappa shape index (κ2) is 7.75. The molecule has 0 fully saturated rings. The summed E-state index contributed by atoms with van der Waals surface area (Å²) in [5.74, 6) is 0.615. The van der Waals surface area contributed by atoms with E-state index in [1.807, 2.05) is 19.1 Å². The van der Waals surface area contributed by atoms with Gasteiger partial charge in [-0.1, -0.05) is 11.6 Å². The molecule has 0 unspecified atom stereocenters. The smallest absolute Gasteiger partial charge is 0.254 e. The third-order valence-corrected chi connectivity index (χ3v) is 4.86. The lowest BCUT2D eigenvalue weighted by Gasteiger charge is -2.20. The minimum Gasteiger partial charge on any atom is -0.338 e. The number of rotatable bonds is 6. The lowest BCUT2D eigenvalue weighted by molar-refractivity contribution is -0.131. The molecule has 0 saturated carbocycles. The number of aromatic nitrogens is 2. The predicted octanol–water partition coefficient (Wildman–Crippen LogP) is 3.08. The SMILES string of the molecule is CCN(Cc1ccc(Cl)s1)C(=O)CCc1c(C)nc(C)[nH]c1=O. The minimum atomic E-state index is -0.157. The van der Waals surface area contributed by atoms with E-state index in [0.717, 1.165) is 9.21 Å². The predicted molar refractivity (Wildman–Crippen MR) is 93.1 cm³/mol. The van der Waals surface area contributed by atoms with Gasteiger partial charge in [-0.3, -0.25) is 9.59 Å². The molecule has 0 aliphatic heterocycles. The molecule has 2 rings (SSSR count). The maximum Gasteiger partial charge on any atom is 0.254 e. The first-order valence-electron chi connectivity index (χ1n) is 7.49. The number of carbonyl (C=O) groups is 1. The first-order valence-corrected chi connectivity index (χ1v) is 8.68. The highest BCUT2D eigenvalue weighted by molar-refractivity contribution is 7.16. The molecule has 5 nitrogen and oxygen atoms in total. The lowest BCUT2D eigenvalue weighted by Crippen LogP contribution is -2.31. The summed E-state index contributed by atoms with van der Waals surface area (Å²) in [4.78, 5) is 34.1. The zero-order chi connectivity index (χ0) is 17.0. The van der Waals surface area contributed by atoms with Crippen LogP contribution in [0, 0.1) is 13.8 Å². The molecule has 23 heavy (non-hydrogen) atoms. The fourth-order valence-electron chi connectivity index (χ4n) is 2.44. The van der Waals surface area contributed by atoms with Crippen LogP contribution in [0.5, 0.6) is 0 Å². The van der Waals surface area contributed by atoms with E-state index in [4.69, 9.17) is 11.6 Å². The van der Waals surface area contributed by atoms with Crippen LogP contribution in [0.4, 0.5) is 0 Å². The van der Waals surface area contributed by atoms with Crippen LogP contribution < -0.4 is 5.56 Å². The number of H-pyrrole nitrogens is 1. The molecule has 2 aromatic rings. The third kappa shape index (κ3) is 4.65. The summed E-state index contributed by atoms with van der Waals surface area (Å²) in [6.45, 7) is 6.66. The van der Waals surface area contributed by atoms with Gasteiger partial charge in [-0.15, -0.1) is 11.3 Å². The first-order chi connectivity index (χ1) is 10.9. The maximum atomic E-state index is 12.4. The van der Waals surface area contributed by atoms with Gasteiger partial charge in [0, 0.05) is 29.1 Å². The molecular formula is C16H20ClN3O2S. The number of nitrogens with zero attached hydrogens (tertiary/aromatic N) is 2. The van der Waals surface area contributed by atoms with Crippen LogP contribution in [-0.2, 0) is 17.8 Å². The summed E-state index contributed by atoms with van der Waals surface area (Å²) in [5, 5.41) is 0. The third-order valence-electron chi connectivity index (χ3n) is 3.64. The summed E-state index contributed by atoms with van der Waals surface area (Å²) >= 11 is 7.40. The molecule has 2 heterocycles. The standard InChI is InChI=1S/C16H20ClN3O2S/c1-4-20(9-12-5-7-14(17)23-12)15(21)8-6-13-10(2)18-11(3)19-16(13)22/h5,7H,4,6,8-9H2,1-3H3,(H,18,19,22). The molecule has 0 aliphatic rings. The Labute approximate surface area is 144 Å². The van der Waals surface area contributed by atoms with Gasteiger partial charge >= 0.3 is 0 Å². The molecule has 0 radical (unpaired) electrons. The lowest BCUT2D eigenvalue weighted by atomic mass is 10.1. The summed E-state index contributed by atoms with van der Waals surface area (Å²) in [6.07, 6.45) is 0.691. The highest BCUT2D eigenvalue weighted by Gasteiger charge is 2.15. The molecule has 124 valence electrons. The van der Waals surface area contributed by atoms with E-state index >= 15 is 0 Å². The van der Waals surface area contributed by atoms with Gasteiger partial charge in [-0.2, -0.15) is 0 Å². The Kier molecular flexibility index (Phi) is 5.96. The van der Waals surface area contributed by atoms with E-state index in [2.05, 4.69) is 9.97 Å². The highest BCUT2D eigenvalue weighted by Crippen LogP contribution is 2.23. The van der Waals surface area contributed by atoms with Gasteiger partial charge in [0.25, 0.3) is 5.56 Å². The van der Waals surface area contributed by atoms with Gasteiger partial charge in [0.2, 0.25) is 5.91 Å². The van der Waals surface area contributed by atoms with Gasteiger partial charge in [0.15, 0.2) is 0 Å². The van der Waals surface area contributed by atoms with E-state index in [1.54, 1.807) is 18.7 Å². The van der Waals surface area contributed by atoms with Crippen molar-refractivity contribution >= 4 is 28.8 Å². The Morgan fingerprint density at radius 2 is 2.13 bits per heavy atom. The van der Waals surface area contributed by atoms with E-state index in [0.29, 0.717) is 43.0 Å². The number of nitrogens with one attached hydrogen (secondary N) is 1. The Bertz CT molecular complexity index is 754. The van der Waals surface area contributed by atoms with Crippen LogP contribution in [0.25, 0.3) is 0 Å². The Balaban J connectivity index is 2.01. The number of aromatic amines is 1. The zero-order valence-electron chi connectivity index (χ0n) is 13.5. The van der Waals surface area contributed by atoms with Gasteiger partial charge in [0.05, 0.1) is 10.9 Å². The molecule has 0 aromatic carbocycles. The van der Waals surface area contributed by atoms with Crippen molar-refractivity contribution in [1.82, 2.24) is 14.9 Å². The van der Waals surface area contributed by atoms with Crippen molar-refractivity contribution in [3.63, 3.8) is 0 Å². The van der Waals surface area contributed by atoms with Gasteiger partial charge in [0.1, 0.15) is 5.82 Å². The number of aryl methyl sites for hydroxylation is 2. The van der Waals surface area contributed by atoms with Crippen LogP contribution >= 0.6 is 22.9 Å². The van der Waals surface area contributed by atoms with Gasteiger partial charge < -0.3 is 9.88 Å². The van der Waals surface area contributed by atoms with Crippen LogP contribution in [0.15, 0.2) is 16.9 Å². The number of amides is 1. The molecule has 0 atom stereocenters. The second-order valence-electron chi connectivity index (χ2n) is 5.33.